The van der Waals surface area contributed by atoms with Gasteiger partial charge in [-0.25, -0.2) is 0 Å². The van der Waals surface area contributed by atoms with E-state index in [1.165, 1.54) is 5.56 Å². The standard InChI is InChI=1S/C16H27NO2/c1-6-16(18,7-2)11-17-13(4)14-10-12(3)8-9-15(14)19-5/h8-10,13,17-18H,6-7,11H2,1-5H3. The Kier molecular flexibility index (Phi) is 5.83. The predicted octanol–water partition coefficient (Wildman–Crippen LogP) is 3.21. The van der Waals surface area contributed by atoms with Crippen LogP contribution in [0.15, 0.2) is 18.2 Å². The first-order valence-corrected chi connectivity index (χ1v) is 7.06. The van der Waals surface area contributed by atoms with Crippen LogP contribution < -0.4 is 10.1 Å². The lowest BCUT2D eigenvalue weighted by Crippen LogP contribution is -2.40. The lowest BCUT2D eigenvalue weighted by atomic mass is 9.96. The van der Waals surface area contributed by atoms with Gasteiger partial charge in [-0.15, -0.1) is 0 Å². The van der Waals surface area contributed by atoms with E-state index < -0.39 is 5.60 Å². The number of rotatable bonds is 7. The van der Waals surface area contributed by atoms with Crippen LogP contribution in [0.25, 0.3) is 0 Å². The minimum atomic E-state index is -0.620. The molecule has 1 aromatic carbocycles. The van der Waals surface area contributed by atoms with Crippen molar-refractivity contribution in [3.8, 4) is 5.75 Å². The fourth-order valence-electron chi connectivity index (χ4n) is 2.15. The molecule has 1 unspecified atom stereocenters. The molecular weight excluding hydrogens is 238 g/mol. The average molecular weight is 265 g/mol. The van der Waals surface area contributed by atoms with E-state index in [0.29, 0.717) is 6.54 Å². The molecule has 0 amide bonds. The maximum atomic E-state index is 10.3. The summed E-state index contributed by atoms with van der Waals surface area (Å²) in [4.78, 5) is 0. The summed E-state index contributed by atoms with van der Waals surface area (Å²) in [6, 6.07) is 6.32. The van der Waals surface area contributed by atoms with Gasteiger partial charge in [0.2, 0.25) is 0 Å². The fraction of sp³-hybridized carbons (Fsp3) is 0.625. The van der Waals surface area contributed by atoms with Crippen LogP contribution in [0.4, 0.5) is 0 Å². The first-order chi connectivity index (χ1) is 8.95. The molecule has 19 heavy (non-hydrogen) atoms. The number of ether oxygens (including phenoxy) is 1. The summed E-state index contributed by atoms with van der Waals surface area (Å²) in [5.74, 6) is 0.891. The predicted molar refractivity (Wildman–Crippen MR) is 79.7 cm³/mol. The zero-order chi connectivity index (χ0) is 14.5. The van der Waals surface area contributed by atoms with Crippen LogP contribution in [-0.2, 0) is 0 Å². The van der Waals surface area contributed by atoms with Gasteiger partial charge in [0, 0.05) is 18.2 Å². The molecule has 0 aliphatic carbocycles. The number of hydrogen-bond donors (Lipinski definition) is 2. The molecule has 0 aromatic heterocycles. The molecule has 0 saturated carbocycles. The monoisotopic (exact) mass is 265 g/mol. The molecule has 3 nitrogen and oxygen atoms in total. The molecular formula is C16H27NO2. The van der Waals surface area contributed by atoms with Crippen molar-refractivity contribution in [3.05, 3.63) is 29.3 Å². The first-order valence-electron chi connectivity index (χ1n) is 7.06. The Labute approximate surface area is 117 Å². The third-order valence-electron chi connectivity index (χ3n) is 3.91. The Morgan fingerprint density at radius 3 is 2.47 bits per heavy atom. The van der Waals surface area contributed by atoms with Crippen LogP contribution in [0.5, 0.6) is 5.75 Å². The van der Waals surface area contributed by atoms with Gasteiger partial charge in [-0.3, -0.25) is 0 Å². The molecule has 0 bridgehead atoms. The first kappa shape index (κ1) is 16.0. The zero-order valence-electron chi connectivity index (χ0n) is 12.8. The summed E-state index contributed by atoms with van der Waals surface area (Å²) in [6.07, 6.45) is 1.52. The van der Waals surface area contributed by atoms with Gasteiger partial charge >= 0.3 is 0 Å². The highest BCUT2D eigenvalue weighted by Crippen LogP contribution is 2.26. The molecule has 1 aromatic rings. The molecule has 0 saturated heterocycles. The van der Waals surface area contributed by atoms with E-state index >= 15 is 0 Å². The van der Waals surface area contributed by atoms with Crippen LogP contribution in [0.1, 0.15) is 50.8 Å². The molecule has 0 aliphatic heterocycles. The van der Waals surface area contributed by atoms with Gasteiger partial charge < -0.3 is 15.2 Å². The molecule has 3 heteroatoms. The van der Waals surface area contributed by atoms with Gasteiger partial charge in [-0.05, 0) is 32.8 Å². The highest BCUT2D eigenvalue weighted by atomic mass is 16.5. The molecule has 0 heterocycles. The molecule has 108 valence electrons. The van der Waals surface area contributed by atoms with Crippen molar-refractivity contribution >= 4 is 0 Å². The Morgan fingerprint density at radius 1 is 1.32 bits per heavy atom. The summed E-state index contributed by atoms with van der Waals surface area (Å²) >= 11 is 0. The van der Waals surface area contributed by atoms with E-state index in [4.69, 9.17) is 4.74 Å². The number of aliphatic hydroxyl groups is 1. The third-order valence-corrected chi connectivity index (χ3v) is 3.91. The summed E-state index contributed by atoms with van der Waals surface area (Å²) in [7, 11) is 1.69. The number of nitrogens with one attached hydrogen (secondary N) is 1. The van der Waals surface area contributed by atoms with Crippen LogP contribution in [0, 0.1) is 6.92 Å². The largest absolute Gasteiger partial charge is 0.496 e. The molecule has 0 radical (unpaired) electrons. The molecule has 1 atom stereocenters. The highest BCUT2D eigenvalue weighted by molar-refractivity contribution is 5.38. The second-order valence-corrected chi connectivity index (χ2v) is 5.28. The van der Waals surface area contributed by atoms with Crippen molar-refractivity contribution < 1.29 is 9.84 Å². The quantitative estimate of drug-likeness (QED) is 0.795. The minimum Gasteiger partial charge on any atom is -0.496 e. The van der Waals surface area contributed by atoms with Crippen molar-refractivity contribution in [2.75, 3.05) is 13.7 Å². The second kappa shape index (κ2) is 6.92. The number of aryl methyl sites for hydroxylation is 1. The van der Waals surface area contributed by atoms with Crippen LogP contribution >= 0.6 is 0 Å². The third kappa shape index (κ3) is 4.22. The maximum Gasteiger partial charge on any atom is 0.123 e. The molecule has 0 spiro atoms. The van der Waals surface area contributed by atoms with Crippen LogP contribution in [-0.4, -0.2) is 24.4 Å². The Morgan fingerprint density at radius 2 is 1.95 bits per heavy atom. The van der Waals surface area contributed by atoms with E-state index in [-0.39, 0.29) is 6.04 Å². The number of methoxy groups -OCH3 is 1. The molecule has 0 aliphatic rings. The normalized spacial score (nSPS) is 13.4. The van der Waals surface area contributed by atoms with E-state index in [9.17, 15) is 5.11 Å². The fourth-order valence-corrected chi connectivity index (χ4v) is 2.15. The van der Waals surface area contributed by atoms with E-state index in [0.717, 1.165) is 24.2 Å². The molecule has 1 rings (SSSR count). The average Bonchev–Trinajstić information content (AvgIpc) is 2.44. The van der Waals surface area contributed by atoms with Gasteiger partial charge in [0.05, 0.1) is 12.7 Å². The number of benzene rings is 1. The van der Waals surface area contributed by atoms with E-state index in [2.05, 4.69) is 25.2 Å². The Bertz CT molecular complexity index is 400. The topological polar surface area (TPSA) is 41.5 Å². The lowest BCUT2D eigenvalue weighted by Gasteiger charge is -2.28. The van der Waals surface area contributed by atoms with Crippen LogP contribution in [0.2, 0.25) is 0 Å². The summed E-state index contributed by atoms with van der Waals surface area (Å²) < 4.78 is 5.40. The van der Waals surface area contributed by atoms with Crippen molar-refractivity contribution in [2.45, 2.75) is 52.2 Å². The SMILES string of the molecule is CCC(O)(CC)CNC(C)c1cc(C)ccc1OC. The minimum absolute atomic E-state index is 0.152. The van der Waals surface area contributed by atoms with Crippen molar-refractivity contribution in [1.82, 2.24) is 5.32 Å². The Balaban J connectivity index is 2.78. The van der Waals surface area contributed by atoms with Crippen molar-refractivity contribution in [1.29, 1.82) is 0 Å². The van der Waals surface area contributed by atoms with Crippen molar-refractivity contribution in [3.63, 3.8) is 0 Å². The van der Waals surface area contributed by atoms with Gasteiger partial charge in [0.1, 0.15) is 5.75 Å². The molecule has 2 N–H and O–H groups in total. The maximum absolute atomic E-state index is 10.3. The lowest BCUT2D eigenvalue weighted by molar-refractivity contribution is 0.0302. The number of hydrogen-bond acceptors (Lipinski definition) is 3. The van der Waals surface area contributed by atoms with E-state index in [1.54, 1.807) is 7.11 Å². The summed E-state index contributed by atoms with van der Waals surface area (Å²) in [5, 5.41) is 13.7. The van der Waals surface area contributed by atoms with Crippen molar-refractivity contribution in [2.24, 2.45) is 0 Å². The zero-order valence-corrected chi connectivity index (χ0v) is 12.8. The van der Waals surface area contributed by atoms with Gasteiger partial charge in [0.25, 0.3) is 0 Å². The summed E-state index contributed by atoms with van der Waals surface area (Å²) in [6.45, 7) is 8.80. The van der Waals surface area contributed by atoms with Gasteiger partial charge in [-0.2, -0.15) is 0 Å². The Hall–Kier alpha value is -1.06. The molecule has 0 fully saturated rings. The van der Waals surface area contributed by atoms with Gasteiger partial charge in [-0.1, -0.05) is 31.5 Å². The van der Waals surface area contributed by atoms with Gasteiger partial charge in [0.15, 0.2) is 0 Å². The smallest absolute Gasteiger partial charge is 0.123 e. The van der Waals surface area contributed by atoms with E-state index in [1.807, 2.05) is 26.0 Å². The second-order valence-electron chi connectivity index (χ2n) is 5.28. The summed E-state index contributed by atoms with van der Waals surface area (Å²) in [5.41, 5.74) is 1.73. The van der Waals surface area contributed by atoms with Crippen LogP contribution in [0.3, 0.4) is 0 Å². The highest BCUT2D eigenvalue weighted by Gasteiger charge is 2.23.